The van der Waals surface area contributed by atoms with Gasteiger partial charge in [0.05, 0.1) is 0 Å². The minimum absolute atomic E-state index is 0.0712. The monoisotopic (exact) mass is 268 g/mol. The van der Waals surface area contributed by atoms with E-state index in [4.69, 9.17) is 0 Å². The van der Waals surface area contributed by atoms with Crippen LogP contribution < -0.4 is 5.32 Å². The molecule has 1 heterocycles. The summed E-state index contributed by atoms with van der Waals surface area (Å²) < 4.78 is 4.05. The van der Waals surface area contributed by atoms with Gasteiger partial charge in [-0.3, -0.25) is 5.32 Å². The number of nitrogens with one attached hydrogen (secondary N) is 1. The van der Waals surface area contributed by atoms with Gasteiger partial charge in [0.15, 0.2) is 0 Å². The summed E-state index contributed by atoms with van der Waals surface area (Å²) in [6.45, 7) is 1.82. The molecule has 0 bridgehead atoms. The molecule has 1 fully saturated rings. The third-order valence-corrected chi connectivity index (χ3v) is 4.16. The summed E-state index contributed by atoms with van der Waals surface area (Å²) in [7, 11) is 1.87. The maximum atomic E-state index is 12.1. The molecular formula is C12H20N4OS. The topological polar surface area (TPSA) is 58.1 Å². The van der Waals surface area contributed by atoms with Gasteiger partial charge in [-0.05, 0) is 19.8 Å². The number of carbonyl (C=O) groups is 1. The third kappa shape index (κ3) is 3.41. The van der Waals surface area contributed by atoms with Crippen LogP contribution in [0.5, 0.6) is 0 Å². The number of aryl methyl sites for hydroxylation is 1. The summed E-state index contributed by atoms with van der Waals surface area (Å²) in [4.78, 5) is 18.1. The molecule has 1 aliphatic rings. The van der Waals surface area contributed by atoms with Crippen LogP contribution in [0.2, 0.25) is 0 Å². The first kappa shape index (κ1) is 13.3. The zero-order valence-corrected chi connectivity index (χ0v) is 11.8. The second-order valence-electron chi connectivity index (χ2n) is 4.83. The Bertz CT molecular complexity index is 399. The summed E-state index contributed by atoms with van der Waals surface area (Å²) in [6, 6.07) is 0.291. The molecule has 1 aliphatic carbocycles. The Labute approximate surface area is 112 Å². The fraction of sp³-hybridized carbons (Fsp3) is 0.750. The molecule has 0 atom stereocenters. The molecule has 1 aromatic rings. The maximum Gasteiger partial charge on any atom is 0.323 e. The van der Waals surface area contributed by atoms with Crippen molar-refractivity contribution in [3.8, 4) is 0 Å². The summed E-state index contributed by atoms with van der Waals surface area (Å²) in [6.07, 6.45) is 7.25. The van der Waals surface area contributed by atoms with Crippen LogP contribution in [0.3, 0.4) is 0 Å². The van der Waals surface area contributed by atoms with E-state index in [0.29, 0.717) is 17.0 Å². The molecule has 0 aromatic carbocycles. The SMILES string of the molecule is Cc1nsc(NC(=O)N(C)C2CCCCCC2)n1. The van der Waals surface area contributed by atoms with Gasteiger partial charge in [0.1, 0.15) is 5.82 Å². The zero-order chi connectivity index (χ0) is 13.0. The van der Waals surface area contributed by atoms with Gasteiger partial charge in [-0.1, -0.05) is 25.7 Å². The number of hydrogen-bond donors (Lipinski definition) is 1. The van der Waals surface area contributed by atoms with Crippen molar-refractivity contribution < 1.29 is 4.79 Å². The minimum atomic E-state index is -0.0712. The van der Waals surface area contributed by atoms with Gasteiger partial charge in [-0.25, -0.2) is 9.78 Å². The average molecular weight is 268 g/mol. The Balaban J connectivity index is 1.91. The Kier molecular flexibility index (Phi) is 4.52. The minimum Gasteiger partial charge on any atom is -0.325 e. The van der Waals surface area contributed by atoms with Crippen molar-refractivity contribution in [2.24, 2.45) is 0 Å². The Morgan fingerprint density at radius 3 is 2.56 bits per heavy atom. The van der Waals surface area contributed by atoms with Gasteiger partial charge in [0.2, 0.25) is 5.13 Å². The molecule has 0 saturated heterocycles. The summed E-state index contributed by atoms with van der Waals surface area (Å²) in [5.74, 6) is 0.701. The molecule has 5 nitrogen and oxygen atoms in total. The lowest BCUT2D eigenvalue weighted by molar-refractivity contribution is 0.197. The van der Waals surface area contributed by atoms with E-state index in [1.807, 2.05) is 18.9 Å². The number of rotatable bonds is 2. The number of carbonyl (C=O) groups excluding carboxylic acids is 1. The van der Waals surface area contributed by atoms with Crippen molar-refractivity contribution in [3.05, 3.63) is 5.82 Å². The summed E-state index contributed by atoms with van der Waals surface area (Å²) in [5, 5.41) is 3.39. The van der Waals surface area contributed by atoms with Crippen molar-refractivity contribution in [3.63, 3.8) is 0 Å². The van der Waals surface area contributed by atoms with E-state index in [0.717, 1.165) is 12.8 Å². The standard InChI is InChI=1S/C12H20N4OS/c1-9-13-11(18-15-9)14-12(17)16(2)10-7-5-3-4-6-8-10/h10H,3-8H2,1-2H3,(H,13,14,15,17). The van der Waals surface area contributed by atoms with Gasteiger partial charge in [-0.15, -0.1) is 0 Å². The number of hydrogen-bond acceptors (Lipinski definition) is 4. The smallest absolute Gasteiger partial charge is 0.323 e. The second kappa shape index (κ2) is 6.13. The first-order chi connectivity index (χ1) is 8.66. The molecule has 0 aliphatic heterocycles. The average Bonchev–Trinajstić information content (AvgIpc) is 2.62. The molecule has 18 heavy (non-hydrogen) atoms. The van der Waals surface area contributed by atoms with Crippen molar-refractivity contribution in [1.82, 2.24) is 14.3 Å². The number of aromatic nitrogens is 2. The van der Waals surface area contributed by atoms with E-state index in [2.05, 4.69) is 14.7 Å². The van der Waals surface area contributed by atoms with E-state index in [1.165, 1.54) is 37.2 Å². The van der Waals surface area contributed by atoms with Crippen LogP contribution in [-0.2, 0) is 0 Å². The van der Waals surface area contributed by atoms with E-state index in [-0.39, 0.29) is 6.03 Å². The van der Waals surface area contributed by atoms with E-state index < -0.39 is 0 Å². The van der Waals surface area contributed by atoms with Crippen LogP contribution in [0.25, 0.3) is 0 Å². The van der Waals surface area contributed by atoms with E-state index in [1.54, 1.807) is 0 Å². The fourth-order valence-corrected chi connectivity index (χ4v) is 2.90. The first-order valence-corrected chi connectivity index (χ1v) is 7.28. The predicted octanol–water partition coefficient (Wildman–Crippen LogP) is 3.03. The summed E-state index contributed by atoms with van der Waals surface area (Å²) in [5.41, 5.74) is 0. The molecular weight excluding hydrogens is 248 g/mol. The lowest BCUT2D eigenvalue weighted by Gasteiger charge is -2.26. The number of amides is 2. The highest BCUT2D eigenvalue weighted by atomic mass is 32.1. The molecule has 0 unspecified atom stereocenters. The van der Waals surface area contributed by atoms with E-state index in [9.17, 15) is 4.79 Å². The lowest BCUT2D eigenvalue weighted by atomic mass is 10.1. The molecule has 1 saturated carbocycles. The van der Waals surface area contributed by atoms with Crippen LogP contribution in [0.15, 0.2) is 0 Å². The largest absolute Gasteiger partial charge is 0.325 e. The van der Waals surface area contributed by atoms with Gasteiger partial charge < -0.3 is 4.90 Å². The summed E-state index contributed by atoms with van der Waals surface area (Å²) >= 11 is 1.23. The quantitative estimate of drug-likeness (QED) is 0.839. The van der Waals surface area contributed by atoms with Crippen molar-refractivity contribution >= 4 is 22.7 Å². The highest BCUT2D eigenvalue weighted by Gasteiger charge is 2.21. The van der Waals surface area contributed by atoms with Gasteiger partial charge in [-0.2, -0.15) is 4.37 Å². The van der Waals surface area contributed by atoms with Crippen molar-refractivity contribution in [1.29, 1.82) is 0 Å². The maximum absolute atomic E-state index is 12.1. The Morgan fingerprint density at radius 1 is 1.33 bits per heavy atom. The van der Waals surface area contributed by atoms with Crippen LogP contribution in [0.1, 0.15) is 44.3 Å². The number of urea groups is 1. The fourth-order valence-electron chi connectivity index (χ4n) is 2.34. The molecule has 2 amide bonds. The van der Waals surface area contributed by atoms with E-state index >= 15 is 0 Å². The molecule has 0 spiro atoms. The van der Waals surface area contributed by atoms with Crippen LogP contribution in [-0.4, -0.2) is 33.4 Å². The predicted molar refractivity (Wildman–Crippen MR) is 72.9 cm³/mol. The highest BCUT2D eigenvalue weighted by Crippen LogP contribution is 2.21. The zero-order valence-electron chi connectivity index (χ0n) is 11.0. The molecule has 6 heteroatoms. The van der Waals surface area contributed by atoms with Crippen molar-refractivity contribution in [2.75, 3.05) is 12.4 Å². The molecule has 100 valence electrons. The lowest BCUT2D eigenvalue weighted by Crippen LogP contribution is -2.39. The first-order valence-electron chi connectivity index (χ1n) is 6.51. The normalized spacial score (nSPS) is 17.2. The Hall–Kier alpha value is -1.17. The van der Waals surface area contributed by atoms with Crippen LogP contribution in [0, 0.1) is 6.92 Å². The van der Waals surface area contributed by atoms with Gasteiger partial charge >= 0.3 is 6.03 Å². The number of anilines is 1. The van der Waals surface area contributed by atoms with Crippen LogP contribution >= 0.6 is 11.5 Å². The highest BCUT2D eigenvalue weighted by molar-refractivity contribution is 7.09. The molecule has 1 N–H and O–H groups in total. The molecule has 2 rings (SSSR count). The second-order valence-corrected chi connectivity index (χ2v) is 5.59. The third-order valence-electron chi connectivity index (χ3n) is 3.43. The number of nitrogens with zero attached hydrogens (tertiary/aromatic N) is 3. The van der Waals surface area contributed by atoms with Crippen molar-refractivity contribution in [2.45, 2.75) is 51.5 Å². The molecule has 0 radical (unpaired) electrons. The van der Waals surface area contributed by atoms with Crippen LogP contribution in [0.4, 0.5) is 9.93 Å². The Morgan fingerprint density at radius 2 is 2.00 bits per heavy atom. The molecule has 1 aromatic heterocycles. The van der Waals surface area contributed by atoms with Gasteiger partial charge in [0, 0.05) is 24.6 Å². The van der Waals surface area contributed by atoms with Gasteiger partial charge in [0.25, 0.3) is 0 Å².